The standard InChI is InChI=1S/C21H23N3O2/c25-21(23-10-8-19(15-23)18-7-4-9-22-14-18)24-11-12-26-20(16-24)13-17-5-2-1-3-6-17/h1-2,4-5,7,9,11-12,14,16,19H,3,6,8,10,13,15H2. The van der Waals surface area contributed by atoms with E-state index in [2.05, 4.69) is 29.3 Å². The quantitative estimate of drug-likeness (QED) is 0.817. The summed E-state index contributed by atoms with van der Waals surface area (Å²) in [5.74, 6) is 1.17. The van der Waals surface area contributed by atoms with Crippen molar-refractivity contribution in [3.05, 3.63) is 78.3 Å². The number of pyridine rings is 1. The van der Waals surface area contributed by atoms with Crippen molar-refractivity contribution in [3.8, 4) is 0 Å². The number of allylic oxidation sites excluding steroid dienone is 4. The molecule has 1 fully saturated rings. The monoisotopic (exact) mass is 349 g/mol. The Balaban J connectivity index is 1.39. The number of hydrogen-bond donors (Lipinski definition) is 0. The fourth-order valence-corrected chi connectivity index (χ4v) is 3.63. The average molecular weight is 349 g/mol. The van der Waals surface area contributed by atoms with Gasteiger partial charge in [-0.2, -0.15) is 0 Å². The van der Waals surface area contributed by atoms with E-state index in [9.17, 15) is 4.79 Å². The Kier molecular flexibility index (Phi) is 4.86. The van der Waals surface area contributed by atoms with Crippen LogP contribution >= 0.6 is 0 Å². The Morgan fingerprint density at radius 3 is 3.15 bits per heavy atom. The summed E-state index contributed by atoms with van der Waals surface area (Å²) < 4.78 is 5.61. The maximum atomic E-state index is 12.9. The van der Waals surface area contributed by atoms with E-state index >= 15 is 0 Å². The lowest BCUT2D eigenvalue weighted by Crippen LogP contribution is -2.37. The van der Waals surface area contributed by atoms with Gasteiger partial charge in [0.25, 0.3) is 0 Å². The molecule has 3 heterocycles. The summed E-state index contributed by atoms with van der Waals surface area (Å²) in [7, 11) is 0. The molecule has 1 aliphatic carbocycles. The zero-order chi connectivity index (χ0) is 17.8. The van der Waals surface area contributed by atoms with Crippen LogP contribution in [0.5, 0.6) is 0 Å². The van der Waals surface area contributed by atoms with Crippen LogP contribution in [0.15, 0.2) is 72.7 Å². The van der Waals surface area contributed by atoms with Crippen LogP contribution in [0.25, 0.3) is 0 Å². The highest BCUT2D eigenvalue weighted by molar-refractivity contribution is 5.77. The Bertz CT molecular complexity index is 780. The second kappa shape index (κ2) is 7.60. The van der Waals surface area contributed by atoms with Crippen LogP contribution in [0.2, 0.25) is 0 Å². The van der Waals surface area contributed by atoms with Gasteiger partial charge < -0.3 is 9.64 Å². The normalized spacial score (nSPS) is 22.1. The minimum atomic E-state index is 0.00552. The molecule has 4 rings (SSSR count). The molecule has 26 heavy (non-hydrogen) atoms. The number of ether oxygens (including phenoxy) is 1. The van der Waals surface area contributed by atoms with Gasteiger partial charge >= 0.3 is 6.03 Å². The predicted molar refractivity (Wildman–Crippen MR) is 99.8 cm³/mol. The number of nitrogens with zero attached hydrogens (tertiary/aromatic N) is 3. The van der Waals surface area contributed by atoms with Crippen molar-refractivity contribution in [1.29, 1.82) is 0 Å². The van der Waals surface area contributed by atoms with Crippen LogP contribution in [0, 0.1) is 0 Å². The fourth-order valence-electron chi connectivity index (χ4n) is 3.63. The molecule has 0 N–H and O–H groups in total. The number of amides is 2. The fraction of sp³-hybridized carbons (Fsp3) is 0.333. The summed E-state index contributed by atoms with van der Waals surface area (Å²) in [5, 5.41) is 0. The first kappa shape index (κ1) is 16.6. The van der Waals surface area contributed by atoms with E-state index in [4.69, 9.17) is 4.74 Å². The maximum Gasteiger partial charge on any atom is 0.328 e. The average Bonchev–Trinajstić information content (AvgIpc) is 3.19. The van der Waals surface area contributed by atoms with Gasteiger partial charge in [0.1, 0.15) is 12.0 Å². The molecule has 0 radical (unpaired) electrons. The minimum Gasteiger partial charge on any atom is -0.466 e. The molecule has 1 atom stereocenters. The predicted octanol–water partition coefficient (Wildman–Crippen LogP) is 4.30. The molecule has 1 aromatic rings. The molecule has 0 spiro atoms. The van der Waals surface area contributed by atoms with E-state index in [1.54, 1.807) is 23.6 Å². The third kappa shape index (κ3) is 3.72. The highest BCUT2D eigenvalue weighted by Crippen LogP contribution is 2.28. The second-order valence-electron chi connectivity index (χ2n) is 6.87. The van der Waals surface area contributed by atoms with E-state index in [-0.39, 0.29) is 6.03 Å². The summed E-state index contributed by atoms with van der Waals surface area (Å²) in [6.45, 7) is 1.50. The van der Waals surface area contributed by atoms with Crippen molar-refractivity contribution >= 4 is 6.03 Å². The van der Waals surface area contributed by atoms with Crippen LogP contribution in [-0.2, 0) is 4.74 Å². The highest BCUT2D eigenvalue weighted by Gasteiger charge is 2.30. The molecule has 1 saturated heterocycles. The lowest BCUT2D eigenvalue weighted by molar-refractivity contribution is 0.184. The zero-order valence-electron chi connectivity index (χ0n) is 14.8. The molecule has 1 unspecified atom stereocenters. The van der Waals surface area contributed by atoms with Crippen molar-refractivity contribution < 1.29 is 9.53 Å². The summed E-state index contributed by atoms with van der Waals surface area (Å²) in [6.07, 6.45) is 19.0. The first-order chi connectivity index (χ1) is 12.8. The van der Waals surface area contributed by atoms with Crippen molar-refractivity contribution in [2.75, 3.05) is 13.1 Å². The number of rotatable bonds is 3. The van der Waals surface area contributed by atoms with Gasteiger partial charge in [0.15, 0.2) is 0 Å². The van der Waals surface area contributed by atoms with Crippen molar-refractivity contribution in [3.63, 3.8) is 0 Å². The summed E-state index contributed by atoms with van der Waals surface area (Å²) in [4.78, 5) is 20.6. The lowest BCUT2D eigenvalue weighted by Gasteiger charge is -2.26. The van der Waals surface area contributed by atoms with Crippen LogP contribution < -0.4 is 0 Å². The Morgan fingerprint density at radius 1 is 1.38 bits per heavy atom. The van der Waals surface area contributed by atoms with E-state index in [0.29, 0.717) is 5.92 Å². The van der Waals surface area contributed by atoms with Gasteiger partial charge in [0.05, 0.1) is 6.20 Å². The second-order valence-corrected chi connectivity index (χ2v) is 6.87. The molecule has 5 heteroatoms. The van der Waals surface area contributed by atoms with Crippen LogP contribution in [-0.4, -0.2) is 33.9 Å². The topological polar surface area (TPSA) is 45.7 Å². The van der Waals surface area contributed by atoms with Gasteiger partial charge in [-0.05, 0) is 30.9 Å². The minimum absolute atomic E-state index is 0.00552. The Morgan fingerprint density at radius 2 is 2.35 bits per heavy atom. The summed E-state index contributed by atoms with van der Waals surface area (Å²) in [5.41, 5.74) is 2.54. The smallest absolute Gasteiger partial charge is 0.328 e. The number of aromatic nitrogens is 1. The number of hydrogen-bond acceptors (Lipinski definition) is 3. The number of carbonyl (C=O) groups is 1. The van der Waals surface area contributed by atoms with Crippen LogP contribution in [0.4, 0.5) is 4.79 Å². The first-order valence-electron chi connectivity index (χ1n) is 9.15. The van der Waals surface area contributed by atoms with E-state index in [1.807, 2.05) is 23.4 Å². The Labute approximate surface area is 154 Å². The molecule has 0 bridgehead atoms. The zero-order valence-corrected chi connectivity index (χ0v) is 14.8. The summed E-state index contributed by atoms with van der Waals surface area (Å²) in [6, 6.07) is 4.05. The largest absolute Gasteiger partial charge is 0.466 e. The maximum absolute atomic E-state index is 12.9. The molecule has 2 amide bonds. The van der Waals surface area contributed by atoms with Crippen molar-refractivity contribution in [2.45, 2.75) is 31.6 Å². The van der Waals surface area contributed by atoms with Gasteiger partial charge in [-0.25, -0.2) is 4.79 Å². The molecule has 2 aliphatic heterocycles. The number of carbonyl (C=O) groups excluding carboxylic acids is 1. The van der Waals surface area contributed by atoms with Crippen molar-refractivity contribution in [2.24, 2.45) is 0 Å². The number of likely N-dealkylation sites (tertiary alicyclic amines) is 1. The van der Waals surface area contributed by atoms with Gasteiger partial charge in [-0.15, -0.1) is 0 Å². The third-order valence-corrected chi connectivity index (χ3v) is 5.06. The van der Waals surface area contributed by atoms with Gasteiger partial charge in [0, 0.05) is 44.0 Å². The Hall–Kier alpha value is -2.82. The third-order valence-electron chi connectivity index (χ3n) is 5.06. The van der Waals surface area contributed by atoms with Gasteiger partial charge in [0.2, 0.25) is 0 Å². The first-order valence-corrected chi connectivity index (χ1v) is 9.15. The molecular weight excluding hydrogens is 326 g/mol. The summed E-state index contributed by atoms with van der Waals surface area (Å²) >= 11 is 0. The molecule has 0 saturated carbocycles. The molecular formula is C21H23N3O2. The van der Waals surface area contributed by atoms with Gasteiger partial charge in [-0.3, -0.25) is 9.88 Å². The van der Waals surface area contributed by atoms with Crippen LogP contribution in [0.3, 0.4) is 0 Å². The highest BCUT2D eigenvalue weighted by atomic mass is 16.5. The molecule has 1 aromatic heterocycles. The molecule has 134 valence electrons. The van der Waals surface area contributed by atoms with E-state index < -0.39 is 0 Å². The molecule has 5 nitrogen and oxygen atoms in total. The molecule has 3 aliphatic rings. The number of urea groups is 1. The van der Waals surface area contributed by atoms with Crippen LogP contribution in [0.1, 0.15) is 37.2 Å². The van der Waals surface area contributed by atoms with Gasteiger partial charge in [-0.1, -0.05) is 29.9 Å². The van der Waals surface area contributed by atoms with E-state index in [1.165, 1.54) is 11.1 Å². The lowest BCUT2D eigenvalue weighted by atomic mass is 10.0. The SMILES string of the molecule is O=C(N1C=COC(CC2=CC=CCC2)=C1)N1CCC(c2cccnc2)C1. The molecule has 0 aromatic carbocycles. The van der Waals surface area contributed by atoms with E-state index in [0.717, 1.165) is 44.5 Å². The van der Waals surface area contributed by atoms with Crippen molar-refractivity contribution in [1.82, 2.24) is 14.8 Å².